The van der Waals surface area contributed by atoms with Crippen molar-refractivity contribution in [1.29, 1.82) is 0 Å². The van der Waals surface area contributed by atoms with Gasteiger partial charge in [0, 0.05) is 16.8 Å². The van der Waals surface area contributed by atoms with Gasteiger partial charge in [0.2, 0.25) is 0 Å². The van der Waals surface area contributed by atoms with Gasteiger partial charge in [0.25, 0.3) is 0 Å². The molecule has 0 saturated carbocycles. The predicted molar refractivity (Wildman–Crippen MR) is 94.8 cm³/mol. The number of anilines is 1. The fraction of sp³-hybridized carbons (Fsp3) is 0.263. The molecule has 0 aromatic heterocycles. The molecule has 0 unspecified atom stereocenters. The molecule has 1 heterocycles. The van der Waals surface area contributed by atoms with E-state index in [0.717, 1.165) is 22.6 Å². The van der Waals surface area contributed by atoms with E-state index in [1.54, 1.807) is 7.11 Å². The molecule has 0 fully saturated rings. The first-order valence-corrected chi connectivity index (χ1v) is 7.74. The smallest absolute Gasteiger partial charge is 0.145 e. The van der Waals surface area contributed by atoms with Gasteiger partial charge in [-0.1, -0.05) is 35.9 Å². The van der Waals surface area contributed by atoms with E-state index in [1.165, 1.54) is 11.1 Å². The molecule has 0 amide bonds. The van der Waals surface area contributed by atoms with Crippen molar-refractivity contribution < 1.29 is 4.74 Å². The van der Waals surface area contributed by atoms with Gasteiger partial charge in [-0.25, -0.2) is 0 Å². The maximum absolute atomic E-state index is 6.24. The van der Waals surface area contributed by atoms with Crippen LogP contribution in [0.1, 0.15) is 26.3 Å². The Balaban J connectivity index is 2.13. The van der Waals surface area contributed by atoms with Crippen LogP contribution in [0.5, 0.6) is 5.75 Å². The van der Waals surface area contributed by atoms with Crippen LogP contribution >= 0.6 is 11.6 Å². The second-order valence-corrected chi connectivity index (χ2v) is 6.66. The van der Waals surface area contributed by atoms with Crippen molar-refractivity contribution in [2.45, 2.75) is 26.3 Å². The molecule has 0 saturated heterocycles. The topological polar surface area (TPSA) is 21.3 Å². The number of allylic oxidation sites excluding steroid dienone is 1. The number of methoxy groups -OCH3 is 1. The number of nitrogens with one attached hydrogen (secondary N) is 1. The van der Waals surface area contributed by atoms with E-state index >= 15 is 0 Å². The van der Waals surface area contributed by atoms with Crippen molar-refractivity contribution in [3.05, 3.63) is 53.1 Å². The van der Waals surface area contributed by atoms with Crippen LogP contribution in [0.15, 0.2) is 42.5 Å². The van der Waals surface area contributed by atoms with Crippen LogP contribution in [0, 0.1) is 0 Å². The molecule has 114 valence electrons. The maximum Gasteiger partial charge on any atom is 0.145 e. The molecule has 22 heavy (non-hydrogen) atoms. The van der Waals surface area contributed by atoms with Crippen LogP contribution in [0.25, 0.3) is 16.7 Å². The third kappa shape index (κ3) is 2.59. The second kappa shape index (κ2) is 5.36. The normalized spacial score (nSPS) is 15.6. The summed E-state index contributed by atoms with van der Waals surface area (Å²) < 4.78 is 5.47. The largest absolute Gasteiger partial charge is 0.495 e. The number of rotatable bonds is 2. The van der Waals surface area contributed by atoms with Crippen molar-refractivity contribution in [2.75, 3.05) is 12.4 Å². The predicted octanol–water partition coefficient (Wildman–Crippen LogP) is 5.62. The van der Waals surface area contributed by atoms with Gasteiger partial charge in [-0.05, 0) is 50.1 Å². The lowest BCUT2D eigenvalue weighted by atomic mass is 9.89. The van der Waals surface area contributed by atoms with E-state index in [1.807, 2.05) is 18.2 Å². The van der Waals surface area contributed by atoms with Crippen LogP contribution in [0.2, 0.25) is 5.02 Å². The summed E-state index contributed by atoms with van der Waals surface area (Å²) in [5.41, 5.74) is 5.75. The van der Waals surface area contributed by atoms with Crippen molar-refractivity contribution in [3.63, 3.8) is 0 Å². The van der Waals surface area contributed by atoms with E-state index in [9.17, 15) is 0 Å². The van der Waals surface area contributed by atoms with Gasteiger partial charge in [-0.3, -0.25) is 0 Å². The Kier molecular flexibility index (Phi) is 3.65. The molecule has 2 nitrogen and oxygen atoms in total. The van der Waals surface area contributed by atoms with E-state index in [2.05, 4.69) is 50.4 Å². The number of benzene rings is 2. The number of hydrogen-bond acceptors (Lipinski definition) is 2. The third-order valence-electron chi connectivity index (χ3n) is 3.96. The Hall–Kier alpha value is -1.93. The molecule has 1 aliphatic heterocycles. The number of fused-ring (bicyclic) bond motifs is 1. The summed E-state index contributed by atoms with van der Waals surface area (Å²) in [7, 11) is 1.65. The summed E-state index contributed by atoms with van der Waals surface area (Å²) in [5, 5.41) is 4.18. The fourth-order valence-corrected chi connectivity index (χ4v) is 3.34. The Morgan fingerprint density at radius 3 is 2.59 bits per heavy atom. The summed E-state index contributed by atoms with van der Waals surface area (Å²) >= 11 is 6.24. The van der Waals surface area contributed by atoms with Gasteiger partial charge < -0.3 is 10.1 Å². The van der Waals surface area contributed by atoms with E-state index in [4.69, 9.17) is 16.3 Å². The first-order chi connectivity index (χ1) is 10.4. The van der Waals surface area contributed by atoms with E-state index in [-0.39, 0.29) is 5.54 Å². The molecular formula is C19H20ClNO. The Morgan fingerprint density at radius 1 is 1.09 bits per heavy atom. The van der Waals surface area contributed by atoms with Gasteiger partial charge in [-0.15, -0.1) is 0 Å². The lowest BCUT2D eigenvalue weighted by Gasteiger charge is -2.31. The highest BCUT2D eigenvalue weighted by molar-refractivity contribution is 6.32. The number of halogens is 1. The molecule has 1 aliphatic rings. The Morgan fingerprint density at radius 2 is 1.86 bits per heavy atom. The molecule has 1 N–H and O–H groups in total. The average molecular weight is 314 g/mol. The summed E-state index contributed by atoms with van der Waals surface area (Å²) in [6, 6.07) is 12.3. The molecular weight excluding hydrogens is 294 g/mol. The highest BCUT2D eigenvalue weighted by Crippen LogP contribution is 2.40. The summed E-state index contributed by atoms with van der Waals surface area (Å²) in [6.45, 7) is 6.50. The number of hydrogen-bond donors (Lipinski definition) is 1. The van der Waals surface area contributed by atoms with Crippen LogP contribution in [-0.2, 0) is 0 Å². The second-order valence-electron chi connectivity index (χ2n) is 6.26. The van der Waals surface area contributed by atoms with Gasteiger partial charge in [0.15, 0.2) is 0 Å². The molecule has 0 bridgehead atoms. The van der Waals surface area contributed by atoms with Crippen LogP contribution in [-0.4, -0.2) is 12.6 Å². The van der Waals surface area contributed by atoms with Crippen molar-refractivity contribution in [2.24, 2.45) is 0 Å². The van der Waals surface area contributed by atoms with Gasteiger partial charge in [0.1, 0.15) is 5.75 Å². The van der Waals surface area contributed by atoms with Crippen molar-refractivity contribution >= 4 is 22.9 Å². The highest BCUT2D eigenvalue weighted by atomic mass is 35.5. The minimum Gasteiger partial charge on any atom is -0.495 e. The molecule has 2 aromatic carbocycles. The first-order valence-electron chi connectivity index (χ1n) is 7.36. The maximum atomic E-state index is 6.24. The third-order valence-corrected chi connectivity index (χ3v) is 4.26. The Labute approximate surface area is 136 Å². The standard InChI is InChI=1S/C19H20ClNO/c1-12-11-19(2,3)21-17-9-8-13(10-15(12)17)14-6-5-7-16(20)18(14)22-4/h5-11,21H,1-4H3. The summed E-state index contributed by atoms with van der Waals surface area (Å²) in [4.78, 5) is 0. The number of para-hydroxylation sites is 1. The minimum absolute atomic E-state index is 0.0215. The monoisotopic (exact) mass is 313 g/mol. The molecule has 3 heteroatoms. The van der Waals surface area contributed by atoms with Crippen LogP contribution < -0.4 is 10.1 Å². The lowest BCUT2D eigenvalue weighted by Crippen LogP contribution is -2.31. The zero-order valence-electron chi connectivity index (χ0n) is 13.3. The summed E-state index contributed by atoms with van der Waals surface area (Å²) in [6.07, 6.45) is 2.26. The molecule has 3 rings (SSSR count). The van der Waals surface area contributed by atoms with E-state index < -0.39 is 0 Å². The Bertz CT molecular complexity index is 762. The van der Waals surface area contributed by atoms with Gasteiger partial charge in [-0.2, -0.15) is 0 Å². The SMILES string of the molecule is COc1c(Cl)cccc1-c1ccc2c(c1)C(C)=CC(C)(C)N2. The molecule has 0 spiro atoms. The number of ether oxygens (including phenoxy) is 1. The molecule has 0 atom stereocenters. The fourth-order valence-electron chi connectivity index (χ4n) is 3.09. The lowest BCUT2D eigenvalue weighted by molar-refractivity contribution is 0.416. The van der Waals surface area contributed by atoms with E-state index in [0.29, 0.717) is 5.02 Å². The quantitative estimate of drug-likeness (QED) is 0.776. The van der Waals surface area contributed by atoms with Crippen LogP contribution in [0.3, 0.4) is 0 Å². The van der Waals surface area contributed by atoms with Gasteiger partial charge in [0.05, 0.1) is 17.7 Å². The van der Waals surface area contributed by atoms with Crippen molar-refractivity contribution in [1.82, 2.24) is 0 Å². The zero-order chi connectivity index (χ0) is 15.9. The molecule has 0 aliphatic carbocycles. The zero-order valence-corrected chi connectivity index (χ0v) is 14.1. The highest BCUT2D eigenvalue weighted by Gasteiger charge is 2.23. The molecule has 2 aromatic rings. The molecule has 0 radical (unpaired) electrons. The minimum atomic E-state index is -0.0215. The van der Waals surface area contributed by atoms with Crippen molar-refractivity contribution in [3.8, 4) is 16.9 Å². The van der Waals surface area contributed by atoms with Gasteiger partial charge >= 0.3 is 0 Å². The average Bonchev–Trinajstić information content (AvgIpc) is 2.45. The van der Waals surface area contributed by atoms with Crippen LogP contribution in [0.4, 0.5) is 5.69 Å². The summed E-state index contributed by atoms with van der Waals surface area (Å²) in [5.74, 6) is 0.717. The first kappa shape index (κ1) is 15.0.